The topological polar surface area (TPSA) is 125 Å². The highest BCUT2D eigenvalue weighted by molar-refractivity contribution is 7.99. The van der Waals surface area contributed by atoms with Gasteiger partial charge in [0, 0.05) is 42.8 Å². The highest BCUT2D eigenvalue weighted by Crippen LogP contribution is 2.68. The number of amides is 1. The van der Waals surface area contributed by atoms with Gasteiger partial charge in [0.05, 0.1) is 38.7 Å². The van der Waals surface area contributed by atoms with E-state index in [2.05, 4.69) is 25.2 Å². The molecule has 0 saturated heterocycles. The lowest BCUT2D eigenvalue weighted by Gasteiger charge is -2.24. The molecular formula is C40H27Cl2F8N9O2S. The van der Waals surface area contributed by atoms with Gasteiger partial charge in [-0.15, -0.1) is 0 Å². The minimum absolute atomic E-state index is 0.0188. The van der Waals surface area contributed by atoms with Crippen molar-refractivity contribution in [1.82, 2.24) is 39.4 Å². The Balaban J connectivity index is 1.26. The number of halogens is 10. The average Bonchev–Trinajstić information content (AvgIpc) is 3.75. The number of rotatable bonds is 11. The maximum absolute atomic E-state index is 15.5. The molecule has 4 heterocycles. The number of anilines is 1. The Morgan fingerprint density at radius 1 is 1.00 bits per heavy atom. The standard InChI is InChI=1S/C40H27Cl2F8N9O2S/c1-57-33-26(8-5-22(41)29(33)37(55-57)56-62-2)59-38(53-36-19(39(59)61)4-7-24(52-36)18-3-6-23(45)30(42)31(18)46)25(11-15-9-16(43)12-17(44)10-15)51-27(60)14-58-34-28(32(54-58)35(47)48)20-13-21(20)40(34,49)50/h3-10,12,20-21,25,35H,11,13-14H2,1-2H3,(H,51,60)(H,55,56)/t20-,21?,25?/m0/s1. The molecule has 2 aliphatic rings. The fraction of sp³-hybridized carbons (Fsp3) is 0.250. The van der Waals surface area contributed by atoms with Gasteiger partial charge in [0.2, 0.25) is 5.91 Å². The maximum Gasteiger partial charge on any atom is 0.293 e. The SMILES string of the molecule is CSNc1nn(C)c2c(-n3c(C(Cc4cc(F)cc(F)c4)NC(=O)Cn4nc(C(F)F)c5c4C(F)(F)C4C[C@H]54)nc4nc(-c5ccc(F)c(Cl)c5F)ccc4c3=O)ccc(Cl)c12. The number of pyridine rings is 1. The number of hydrogen-bond acceptors (Lipinski definition) is 8. The quantitative estimate of drug-likeness (QED) is 0.0748. The highest BCUT2D eigenvalue weighted by Gasteiger charge is 2.67. The largest absolute Gasteiger partial charge is 0.344 e. The van der Waals surface area contributed by atoms with Crippen molar-refractivity contribution in [1.29, 1.82) is 0 Å². The van der Waals surface area contributed by atoms with E-state index in [1.54, 1.807) is 13.3 Å². The van der Waals surface area contributed by atoms with Gasteiger partial charge < -0.3 is 10.0 Å². The smallest absolute Gasteiger partial charge is 0.293 e. The number of alkyl halides is 4. The molecule has 320 valence electrons. The number of nitrogens with one attached hydrogen (secondary N) is 2. The van der Waals surface area contributed by atoms with Crippen molar-refractivity contribution in [3.05, 3.63) is 127 Å². The van der Waals surface area contributed by atoms with E-state index in [9.17, 15) is 31.5 Å². The summed E-state index contributed by atoms with van der Waals surface area (Å²) in [7, 11) is 1.56. The van der Waals surface area contributed by atoms with Crippen molar-refractivity contribution in [2.75, 3.05) is 11.0 Å². The van der Waals surface area contributed by atoms with E-state index in [1.165, 1.54) is 40.9 Å². The zero-order valence-electron chi connectivity index (χ0n) is 31.8. The second kappa shape index (κ2) is 15.3. The normalized spacial score (nSPS) is 16.9. The lowest BCUT2D eigenvalue weighted by Crippen LogP contribution is -2.38. The number of carbonyl (C=O) groups is 1. The van der Waals surface area contributed by atoms with Crippen molar-refractivity contribution >= 4 is 68.8 Å². The molecule has 2 unspecified atom stereocenters. The molecule has 11 nitrogen and oxygen atoms in total. The molecule has 0 radical (unpaired) electrons. The molecule has 0 bridgehead atoms. The van der Waals surface area contributed by atoms with E-state index >= 15 is 13.2 Å². The molecule has 0 aliphatic heterocycles. The van der Waals surface area contributed by atoms with Crippen LogP contribution >= 0.6 is 35.1 Å². The van der Waals surface area contributed by atoms with Crippen molar-refractivity contribution < 1.29 is 39.9 Å². The molecule has 7 aromatic rings. The van der Waals surface area contributed by atoms with Gasteiger partial charge in [0.1, 0.15) is 46.2 Å². The van der Waals surface area contributed by atoms with Crippen LogP contribution in [0.25, 0.3) is 38.9 Å². The van der Waals surface area contributed by atoms with Crippen molar-refractivity contribution in [2.24, 2.45) is 13.0 Å². The van der Waals surface area contributed by atoms with Crippen LogP contribution in [0.5, 0.6) is 0 Å². The first-order chi connectivity index (χ1) is 29.5. The highest BCUT2D eigenvalue weighted by atomic mass is 35.5. The van der Waals surface area contributed by atoms with E-state index in [0.717, 1.165) is 28.8 Å². The summed E-state index contributed by atoms with van der Waals surface area (Å²) in [6, 6.07) is 8.37. The first kappa shape index (κ1) is 41.6. The summed E-state index contributed by atoms with van der Waals surface area (Å²) in [5.74, 6) is -11.0. The molecule has 62 heavy (non-hydrogen) atoms. The van der Waals surface area contributed by atoms with Crippen LogP contribution in [0.2, 0.25) is 10.0 Å². The number of nitrogens with zero attached hydrogens (tertiary/aromatic N) is 7. The Kier molecular flexibility index (Phi) is 10.2. The minimum atomic E-state index is -3.57. The Labute approximate surface area is 358 Å². The van der Waals surface area contributed by atoms with Gasteiger partial charge in [0.25, 0.3) is 17.9 Å². The number of carbonyl (C=O) groups excluding carboxylic acids is 1. The molecule has 3 atom stereocenters. The van der Waals surface area contributed by atoms with Crippen molar-refractivity contribution in [3.8, 4) is 16.9 Å². The van der Waals surface area contributed by atoms with Gasteiger partial charge in [-0.25, -0.2) is 36.3 Å². The number of hydrogen-bond donors (Lipinski definition) is 2. The zero-order chi connectivity index (χ0) is 44.1. The van der Waals surface area contributed by atoms with Gasteiger partial charge in [-0.2, -0.15) is 19.0 Å². The summed E-state index contributed by atoms with van der Waals surface area (Å²) in [4.78, 5) is 38.1. The first-order valence-electron chi connectivity index (χ1n) is 18.5. The number of benzene rings is 3. The van der Waals surface area contributed by atoms with E-state index < -0.39 is 94.3 Å². The van der Waals surface area contributed by atoms with Gasteiger partial charge in [-0.05, 0) is 66.4 Å². The summed E-state index contributed by atoms with van der Waals surface area (Å²) in [5.41, 5.74) is -3.29. The maximum atomic E-state index is 15.5. The molecule has 22 heteroatoms. The van der Waals surface area contributed by atoms with Gasteiger partial charge in [-0.3, -0.25) is 23.5 Å². The summed E-state index contributed by atoms with van der Waals surface area (Å²) in [6.07, 6.45) is -2.02. The molecule has 2 N–H and O–H groups in total. The van der Waals surface area contributed by atoms with E-state index in [4.69, 9.17) is 28.2 Å². The number of aryl methyl sites for hydroxylation is 1. The van der Waals surface area contributed by atoms with Crippen LogP contribution in [-0.4, -0.2) is 46.3 Å². The van der Waals surface area contributed by atoms with Crippen LogP contribution in [0.4, 0.5) is 40.9 Å². The van der Waals surface area contributed by atoms with Gasteiger partial charge in [-0.1, -0.05) is 35.1 Å². The average molecular weight is 921 g/mol. The molecule has 4 aromatic heterocycles. The predicted molar refractivity (Wildman–Crippen MR) is 215 cm³/mol. The molecule has 3 aromatic carbocycles. The van der Waals surface area contributed by atoms with Crippen molar-refractivity contribution in [3.63, 3.8) is 0 Å². The second-order valence-corrected chi connectivity index (χ2v) is 16.1. The van der Waals surface area contributed by atoms with E-state index in [1.807, 2.05) is 0 Å². The Morgan fingerprint density at radius 2 is 1.74 bits per heavy atom. The van der Waals surface area contributed by atoms with Crippen LogP contribution in [0, 0.1) is 29.2 Å². The summed E-state index contributed by atoms with van der Waals surface area (Å²) in [5, 5.41) is 10.4. The summed E-state index contributed by atoms with van der Waals surface area (Å²) >= 11 is 13.7. The minimum Gasteiger partial charge on any atom is -0.344 e. The van der Waals surface area contributed by atoms with Gasteiger partial charge >= 0.3 is 0 Å². The molecular weight excluding hydrogens is 893 g/mol. The molecule has 1 amide bonds. The third-order valence-electron chi connectivity index (χ3n) is 10.9. The summed E-state index contributed by atoms with van der Waals surface area (Å²) < 4.78 is 124. The third kappa shape index (κ3) is 6.82. The Bertz CT molecular complexity index is 3070. The van der Waals surface area contributed by atoms with Crippen molar-refractivity contribution in [2.45, 2.75) is 43.7 Å². The van der Waals surface area contributed by atoms with Crippen LogP contribution in [0.1, 0.15) is 53.1 Å². The fourth-order valence-electron chi connectivity index (χ4n) is 8.26. The van der Waals surface area contributed by atoms with Crippen LogP contribution < -0.4 is 15.6 Å². The van der Waals surface area contributed by atoms with Crippen LogP contribution in [-0.2, 0) is 30.7 Å². The van der Waals surface area contributed by atoms with Gasteiger partial charge in [0.15, 0.2) is 17.3 Å². The Hall–Kier alpha value is -5.73. The fourth-order valence-corrected chi connectivity index (χ4v) is 9.00. The number of aromatic nitrogens is 7. The molecule has 9 rings (SSSR count). The monoisotopic (exact) mass is 919 g/mol. The lowest BCUT2D eigenvalue weighted by atomic mass is 10.0. The summed E-state index contributed by atoms with van der Waals surface area (Å²) in [6.45, 7) is -1.01. The predicted octanol–water partition coefficient (Wildman–Crippen LogP) is 9.33. The molecule has 1 fully saturated rings. The molecule has 1 saturated carbocycles. The molecule has 2 aliphatic carbocycles. The van der Waals surface area contributed by atoms with Crippen LogP contribution in [0.15, 0.2) is 59.4 Å². The second-order valence-electron chi connectivity index (χ2n) is 14.7. The first-order valence-corrected chi connectivity index (χ1v) is 20.5. The third-order valence-corrected chi connectivity index (χ3v) is 12.0. The van der Waals surface area contributed by atoms with E-state index in [-0.39, 0.29) is 61.9 Å². The number of fused-ring (bicyclic) bond motifs is 5. The van der Waals surface area contributed by atoms with E-state index in [0.29, 0.717) is 22.0 Å². The zero-order valence-corrected chi connectivity index (χ0v) is 34.1. The lowest BCUT2D eigenvalue weighted by molar-refractivity contribution is -0.123. The van der Waals surface area contributed by atoms with Crippen LogP contribution in [0.3, 0.4) is 0 Å². The Morgan fingerprint density at radius 3 is 2.45 bits per heavy atom. The molecule has 0 spiro atoms.